The van der Waals surface area contributed by atoms with E-state index in [0.29, 0.717) is 6.54 Å². The van der Waals surface area contributed by atoms with Crippen molar-refractivity contribution in [1.29, 1.82) is 0 Å². The zero-order valence-electron chi connectivity index (χ0n) is 6.06. The van der Waals surface area contributed by atoms with Gasteiger partial charge in [-0.05, 0) is 20.5 Å². The number of rotatable bonds is 3. The number of halogens is 2. The summed E-state index contributed by atoms with van der Waals surface area (Å²) in [5.41, 5.74) is 0. The van der Waals surface area contributed by atoms with E-state index in [-0.39, 0.29) is 0 Å². The predicted octanol–water partition coefficient (Wildman–Crippen LogP) is 1.59. The van der Waals surface area contributed by atoms with Crippen molar-refractivity contribution in [3.63, 3.8) is 0 Å². The van der Waals surface area contributed by atoms with Crippen molar-refractivity contribution in [2.24, 2.45) is 0 Å². The molecule has 0 heterocycles. The van der Waals surface area contributed by atoms with Gasteiger partial charge in [0.1, 0.15) is 0 Å². The van der Waals surface area contributed by atoms with Crippen molar-refractivity contribution < 1.29 is 8.78 Å². The summed E-state index contributed by atoms with van der Waals surface area (Å²) in [6.45, 7) is 4.05. The summed E-state index contributed by atoms with van der Waals surface area (Å²) < 4.78 is 23.6. The van der Waals surface area contributed by atoms with E-state index in [1.54, 1.807) is 11.9 Å². The molecule has 56 valence electrons. The highest BCUT2D eigenvalue weighted by atomic mass is 19.3. The molecular weight excluding hydrogens is 124 g/mol. The number of nitrogens with zero attached hydrogens (tertiary/aromatic N) is 1. The Morgan fingerprint density at radius 3 is 2.00 bits per heavy atom. The van der Waals surface area contributed by atoms with Crippen molar-refractivity contribution in [3.8, 4) is 0 Å². The smallest absolute Gasteiger partial charge is 0.253 e. The van der Waals surface area contributed by atoms with Gasteiger partial charge >= 0.3 is 0 Å². The minimum Gasteiger partial charge on any atom is -0.299 e. The third-order valence-electron chi connectivity index (χ3n) is 1.56. The van der Waals surface area contributed by atoms with E-state index in [2.05, 4.69) is 0 Å². The maximum absolute atomic E-state index is 11.8. The molecule has 0 aliphatic rings. The Labute approximate surface area is 54.7 Å². The van der Waals surface area contributed by atoms with Gasteiger partial charge in [-0.3, -0.25) is 4.90 Å². The average Bonchev–Trinajstić information content (AvgIpc) is 1.84. The third-order valence-corrected chi connectivity index (χ3v) is 1.56. The first-order valence-corrected chi connectivity index (χ1v) is 3.08. The fraction of sp³-hybridized carbons (Fsp3) is 1.00. The molecule has 0 fully saturated rings. The zero-order valence-corrected chi connectivity index (χ0v) is 6.06. The van der Waals surface area contributed by atoms with E-state index in [4.69, 9.17) is 0 Å². The first-order chi connectivity index (χ1) is 4.09. The van der Waals surface area contributed by atoms with Gasteiger partial charge < -0.3 is 0 Å². The number of alkyl halides is 2. The maximum Gasteiger partial charge on any atom is 0.253 e. The van der Waals surface area contributed by atoms with Gasteiger partial charge in [0.2, 0.25) is 0 Å². The monoisotopic (exact) mass is 137 g/mol. The van der Waals surface area contributed by atoms with Gasteiger partial charge in [-0.1, -0.05) is 6.92 Å². The molecule has 0 spiro atoms. The van der Waals surface area contributed by atoms with Crippen LogP contribution in [0.3, 0.4) is 0 Å². The molecule has 0 radical (unpaired) electrons. The molecule has 0 saturated carbocycles. The topological polar surface area (TPSA) is 3.24 Å². The van der Waals surface area contributed by atoms with Crippen LogP contribution in [-0.4, -0.2) is 31.0 Å². The molecular formula is C6H13F2N. The van der Waals surface area contributed by atoms with Crippen molar-refractivity contribution in [3.05, 3.63) is 0 Å². The average molecular weight is 137 g/mol. The second kappa shape index (κ2) is 3.77. The van der Waals surface area contributed by atoms with Crippen LogP contribution < -0.4 is 0 Å². The summed E-state index contributed by atoms with van der Waals surface area (Å²) in [7, 11) is 1.69. The zero-order chi connectivity index (χ0) is 7.44. The van der Waals surface area contributed by atoms with Gasteiger partial charge in [-0.15, -0.1) is 0 Å². The molecule has 0 aromatic carbocycles. The van der Waals surface area contributed by atoms with Crippen LogP contribution in [0.1, 0.15) is 13.8 Å². The van der Waals surface area contributed by atoms with Crippen molar-refractivity contribution >= 4 is 0 Å². The summed E-state index contributed by atoms with van der Waals surface area (Å²) in [4.78, 5) is 1.62. The third kappa shape index (κ3) is 2.75. The summed E-state index contributed by atoms with van der Waals surface area (Å²) in [6.07, 6.45) is -2.23. The fourth-order valence-electron chi connectivity index (χ4n) is 0.480. The summed E-state index contributed by atoms with van der Waals surface area (Å²) in [6, 6.07) is -0.616. The first kappa shape index (κ1) is 8.82. The molecule has 0 bridgehead atoms. The van der Waals surface area contributed by atoms with E-state index in [1.165, 1.54) is 6.92 Å². The molecule has 3 heteroatoms. The van der Waals surface area contributed by atoms with Crippen LogP contribution in [0.2, 0.25) is 0 Å². The lowest BCUT2D eigenvalue weighted by Gasteiger charge is -2.21. The van der Waals surface area contributed by atoms with Crippen LogP contribution in [0.15, 0.2) is 0 Å². The molecule has 0 saturated heterocycles. The van der Waals surface area contributed by atoms with Crippen molar-refractivity contribution in [2.75, 3.05) is 13.6 Å². The van der Waals surface area contributed by atoms with Gasteiger partial charge in [0.15, 0.2) is 0 Å². The van der Waals surface area contributed by atoms with Crippen molar-refractivity contribution in [1.82, 2.24) is 4.90 Å². The normalized spacial score (nSPS) is 15.0. The van der Waals surface area contributed by atoms with E-state index in [0.717, 1.165) is 0 Å². The molecule has 0 aromatic rings. The molecule has 1 atom stereocenters. The van der Waals surface area contributed by atoms with Gasteiger partial charge in [-0.2, -0.15) is 0 Å². The highest BCUT2D eigenvalue weighted by Gasteiger charge is 2.17. The Morgan fingerprint density at radius 1 is 1.44 bits per heavy atom. The second-order valence-corrected chi connectivity index (χ2v) is 2.15. The van der Waals surface area contributed by atoms with E-state index in [1.807, 2.05) is 6.92 Å². The van der Waals surface area contributed by atoms with E-state index >= 15 is 0 Å². The van der Waals surface area contributed by atoms with Crippen LogP contribution in [0.25, 0.3) is 0 Å². The summed E-state index contributed by atoms with van der Waals surface area (Å²) >= 11 is 0. The Kier molecular flexibility index (Phi) is 3.70. The highest BCUT2D eigenvalue weighted by Crippen LogP contribution is 2.05. The van der Waals surface area contributed by atoms with Gasteiger partial charge in [0.25, 0.3) is 6.43 Å². The first-order valence-electron chi connectivity index (χ1n) is 3.08. The highest BCUT2D eigenvalue weighted by molar-refractivity contribution is 4.62. The van der Waals surface area contributed by atoms with Gasteiger partial charge in [0.05, 0.1) is 6.04 Å². The lowest BCUT2D eigenvalue weighted by molar-refractivity contribution is 0.0499. The minimum atomic E-state index is -2.23. The minimum absolute atomic E-state index is 0.616. The van der Waals surface area contributed by atoms with Gasteiger partial charge in [-0.25, -0.2) is 8.78 Å². The molecule has 0 rings (SSSR count). The molecule has 0 amide bonds. The lowest BCUT2D eigenvalue weighted by Crippen LogP contribution is -2.34. The molecule has 0 aliphatic heterocycles. The van der Waals surface area contributed by atoms with Crippen LogP contribution in [0.4, 0.5) is 8.78 Å². The van der Waals surface area contributed by atoms with Crippen LogP contribution >= 0.6 is 0 Å². The van der Waals surface area contributed by atoms with Gasteiger partial charge in [0, 0.05) is 0 Å². The Balaban J connectivity index is 3.58. The number of hydrogen-bond acceptors (Lipinski definition) is 1. The standard InChI is InChI=1S/C6H13F2N/c1-4-9(3)5(2)6(7)8/h5-6H,4H2,1-3H3. The number of hydrogen-bond donors (Lipinski definition) is 0. The van der Waals surface area contributed by atoms with Crippen LogP contribution in [-0.2, 0) is 0 Å². The molecule has 0 aromatic heterocycles. The Morgan fingerprint density at radius 2 is 1.89 bits per heavy atom. The van der Waals surface area contributed by atoms with Crippen molar-refractivity contribution in [2.45, 2.75) is 26.3 Å². The quantitative estimate of drug-likeness (QED) is 0.571. The van der Waals surface area contributed by atoms with E-state index < -0.39 is 12.5 Å². The molecule has 1 unspecified atom stereocenters. The molecule has 0 N–H and O–H groups in total. The Bertz CT molecular complexity index is 75.5. The summed E-state index contributed by atoms with van der Waals surface area (Å²) in [5, 5.41) is 0. The maximum atomic E-state index is 11.8. The molecule has 0 aliphatic carbocycles. The predicted molar refractivity (Wildman–Crippen MR) is 33.8 cm³/mol. The van der Waals surface area contributed by atoms with E-state index in [9.17, 15) is 8.78 Å². The van der Waals surface area contributed by atoms with Crippen LogP contribution in [0, 0.1) is 0 Å². The molecule has 9 heavy (non-hydrogen) atoms. The SMILES string of the molecule is CCN(C)C(C)C(F)F. The second-order valence-electron chi connectivity index (χ2n) is 2.15. The largest absolute Gasteiger partial charge is 0.299 e. The lowest BCUT2D eigenvalue weighted by atomic mass is 10.3. The fourth-order valence-corrected chi connectivity index (χ4v) is 0.480. The molecule has 1 nitrogen and oxygen atoms in total. The Hall–Kier alpha value is -0.180. The van der Waals surface area contributed by atoms with Crippen LogP contribution in [0.5, 0.6) is 0 Å². The summed E-state index contributed by atoms with van der Waals surface area (Å²) in [5.74, 6) is 0.